The van der Waals surface area contributed by atoms with Gasteiger partial charge < -0.3 is 34.4 Å². The van der Waals surface area contributed by atoms with Gasteiger partial charge in [-0.3, -0.25) is 19.3 Å². The van der Waals surface area contributed by atoms with Crippen molar-refractivity contribution in [1.29, 1.82) is 0 Å². The monoisotopic (exact) mass is 976 g/mol. The number of aromatic nitrogens is 5. The number of carbonyl (C=O) groups excluding carboxylic acids is 4. The zero-order chi connectivity index (χ0) is 50.1. The quantitative estimate of drug-likeness (QED) is 0.0643. The van der Waals surface area contributed by atoms with Gasteiger partial charge in [-0.2, -0.15) is 0 Å². The predicted octanol–water partition coefficient (Wildman–Crippen LogP) is 6.50. The van der Waals surface area contributed by atoms with Crippen molar-refractivity contribution in [2.75, 3.05) is 38.4 Å². The number of anilines is 1. The number of fused-ring (bicyclic) bond motifs is 5. The van der Waals surface area contributed by atoms with E-state index in [2.05, 4.69) is 32.5 Å². The molecule has 5 heterocycles. The standard InChI is InChI=1S/C56H48N8O9/c1-70-31-32-72-55(69)63-44-27-22-35(13-12-28-62-45-21-11-10-20-43(45)60-61-62)33-40(44)56(54(63)68)47(52(66)57-34-46-58-41-18-8-9-19-42(41)59-46)49-53(67)73-50(37-16-6-3-7-17-37)48(36-14-4-2-5-15-36)64(49)51(56)38-23-25-39(26-24-38)71-30-29-65/h2-11,14-27,33,47-51,65H,28-32,34H2,1H3,(H,57,66)(H,58,59)/t47-,48-,49-,50+,51+,56-/m1/s1. The smallest absolute Gasteiger partial charge is 0.421 e. The minimum Gasteiger partial charge on any atom is -0.491 e. The number of para-hydroxylation sites is 3. The van der Waals surface area contributed by atoms with E-state index in [1.54, 1.807) is 47.1 Å². The van der Waals surface area contributed by atoms with Gasteiger partial charge in [0.25, 0.3) is 0 Å². The number of ether oxygens (including phenoxy) is 4. The summed E-state index contributed by atoms with van der Waals surface area (Å²) in [7, 11) is 1.46. The van der Waals surface area contributed by atoms with Gasteiger partial charge in [-0.1, -0.05) is 114 Å². The predicted molar refractivity (Wildman–Crippen MR) is 267 cm³/mol. The molecule has 0 bridgehead atoms. The van der Waals surface area contributed by atoms with Crippen LogP contribution in [0.5, 0.6) is 5.75 Å². The summed E-state index contributed by atoms with van der Waals surface area (Å²) in [4.78, 5) is 73.4. The van der Waals surface area contributed by atoms with Crippen LogP contribution in [0.25, 0.3) is 22.1 Å². The van der Waals surface area contributed by atoms with Crippen LogP contribution in [-0.4, -0.2) is 98.4 Å². The Hall–Kier alpha value is -8.69. The maximum atomic E-state index is 16.5. The van der Waals surface area contributed by atoms with Crippen molar-refractivity contribution in [3.05, 3.63) is 185 Å². The Kier molecular flexibility index (Phi) is 12.7. The normalized spacial score (nSPS) is 21.1. The SMILES string of the molecule is COCCOC(=O)N1C(=O)[C@@]2(c3cc(C#CCn4nnc5ccccc54)ccc31)[C@H](c1ccc(OCCO)cc1)N1[C@H](c3ccccc3)[C@H](c3ccccc3)OC(=O)[C@H]1[C@@H]2C(=O)NCc1nc2ccccc2[nH]1. The van der Waals surface area contributed by atoms with Crippen LogP contribution in [0, 0.1) is 17.8 Å². The highest BCUT2D eigenvalue weighted by molar-refractivity contribution is 6.23. The Morgan fingerprint density at radius 1 is 0.808 bits per heavy atom. The fraction of sp³-hybridized carbons (Fsp3) is 0.232. The Labute approximate surface area is 418 Å². The number of benzene rings is 6. The highest BCUT2D eigenvalue weighted by Crippen LogP contribution is 2.66. The highest BCUT2D eigenvalue weighted by atomic mass is 16.6. The van der Waals surface area contributed by atoms with Crippen molar-refractivity contribution >= 4 is 51.6 Å². The molecular weight excluding hydrogens is 929 g/mol. The van der Waals surface area contributed by atoms with E-state index >= 15 is 14.4 Å². The number of aliphatic hydroxyl groups excluding tert-OH is 1. The number of amides is 3. The van der Waals surface area contributed by atoms with E-state index in [0.717, 1.165) is 21.5 Å². The van der Waals surface area contributed by atoms with E-state index < -0.39 is 59.4 Å². The van der Waals surface area contributed by atoms with Crippen LogP contribution in [0.2, 0.25) is 0 Å². The summed E-state index contributed by atoms with van der Waals surface area (Å²) in [6, 6.07) is 42.4. The number of cyclic esters (lactones) is 1. The van der Waals surface area contributed by atoms with Crippen LogP contribution in [0.15, 0.2) is 152 Å². The van der Waals surface area contributed by atoms with E-state index in [1.807, 2.05) is 114 Å². The second-order valence-electron chi connectivity index (χ2n) is 17.8. The number of H-pyrrole nitrogens is 1. The molecule has 2 fully saturated rings. The van der Waals surface area contributed by atoms with Gasteiger partial charge in [-0.25, -0.2) is 19.4 Å². The molecule has 0 aliphatic carbocycles. The first-order valence-corrected chi connectivity index (χ1v) is 23.8. The molecule has 3 aliphatic heterocycles. The molecule has 73 heavy (non-hydrogen) atoms. The molecule has 3 N–H and O–H groups in total. The van der Waals surface area contributed by atoms with Crippen molar-refractivity contribution in [1.82, 2.24) is 35.2 Å². The minimum atomic E-state index is -2.08. The minimum absolute atomic E-state index is 0.0258. The number of carbonyl (C=O) groups is 4. The molecule has 17 nitrogen and oxygen atoms in total. The van der Waals surface area contributed by atoms with E-state index in [-0.39, 0.29) is 50.8 Å². The maximum Gasteiger partial charge on any atom is 0.421 e. The molecule has 3 amide bonds. The lowest BCUT2D eigenvalue weighted by Gasteiger charge is -2.46. The van der Waals surface area contributed by atoms with Crippen molar-refractivity contribution in [2.24, 2.45) is 5.92 Å². The maximum absolute atomic E-state index is 16.5. The number of imidazole rings is 1. The molecule has 0 saturated carbocycles. The third kappa shape index (κ3) is 8.30. The summed E-state index contributed by atoms with van der Waals surface area (Å²) in [6.07, 6.45) is -1.94. The van der Waals surface area contributed by atoms with Crippen LogP contribution in [0.4, 0.5) is 10.5 Å². The number of rotatable bonds is 13. The number of methoxy groups -OCH3 is 1. The van der Waals surface area contributed by atoms with Gasteiger partial charge in [0.2, 0.25) is 11.8 Å². The van der Waals surface area contributed by atoms with Gasteiger partial charge in [0.05, 0.1) is 60.0 Å². The van der Waals surface area contributed by atoms with Gasteiger partial charge in [-0.15, -0.1) is 5.10 Å². The molecule has 11 rings (SSSR count). The highest BCUT2D eigenvalue weighted by Gasteiger charge is 2.75. The largest absolute Gasteiger partial charge is 0.491 e. The number of morpholine rings is 1. The van der Waals surface area contributed by atoms with E-state index in [4.69, 9.17) is 23.9 Å². The molecule has 0 unspecified atom stereocenters. The van der Waals surface area contributed by atoms with Crippen molar-refractivity contribution < 1.29 is 43.2 Å². The first kappa shape index (κ1) is 46.7. The van der Waals surface area contributed by atoms with Gasteiger partial charge in [0, 0.05) is 12.7 Å². The number of hydrogen-bond acceptors (Lipinski definition) is 13. The van der Waals surface area contributed by atoms with Gasteiger partial charge >= 0.3 is 12.1 Å². The number of hydrogen-bond donors (Lipinski definition) is 3. The Morgan fingerprint density at radius 3 is 2.29 bits per heavy atom. The fourth-order valence-electron chi connectivity index (χ4n) is 10.8. The van der Waals surface area contributed by atoms with Crippen LogP contribution in [0.3, 0.4) is 0 Å². The van der Waals surface area contributed by atoms with Gasteiger partial charge in [0.1, 0.15) is 54.4 Å². The molecule has 2 aromatic heterocycles. The average molecular weight is 977 g/mol. The first-order valence-electron chi connectivity index (χ1n) is 23.8. The second kappa shape index (κ2) is 19.8. The third-order valence-corrected chi connectivity index (χ3v) is 13.7. The number of nitrogens with one attached hydrogen (secondary N) is 2. The van der Waals surface area contributed by atoms with Gasteiger partial charge in [0.15, 0.2) is 0 Å². The Bertz CT molecular complexity index is 3390. The molecule has 6 atom stereocenters. The average Bonchev–Trinajstić information content (AvgIpc) is 4.21. The molecule has 6 aromatic carbocycles. The van der Waals surface area contributed by atoms with Crippen molar-refractivity contribution in [3.8, 4) is 17.6 Å². The number of nitrogens with zero attached hydrogens (tertiary/aromatic N) is 6. The molecule has 17 heteroatoms. The van der Waals surface area contributed by atoms with Crippen LogP contribution in [0.1, 0.15) is 51.8 Å². The fourth-order valence-corrected chi connectivity index (χ4v) is 10.8. The molecule has 366 valence electrons. The third-order valence-electron chi connectivity index (χ3n) is 13.7. The molecule has 1 spiro atoms. The lowest BCUT2D eigenvalue weighted by molar-refractivity contribution is -0.178. The van der Waals surface area contributed by atoms with Crippen LogP contribution < -0.4 is 15.0 Å². The molecule has 2 saturated heterocycles. The summed E-state index contributed by atoms with van der Waals surface area (Å²) in [5, 5.41) is 21.3. The summed E-state index contributed by atoms with van der Waals surface area (Å²) in [5.41, 5.74) is 3.65. The Morgan fingerprint density at radius 2 is 1.53 bits per heavy atom. The van der Waals surface area contributed by atoms with Crippen LogP contribution in [-0.2, 0) is 47.1 Å². The van der Waals surface area contributed by atoms with E-state index in [9.17, 15) is 9.90 Å². The lowest BCUT2D eigenvalue weighted by atomic mass is 9.65. The van der Waals surface area contributed by atoms with E-state index in [1.165, 1.54) is 7.11 Å². The summed E-state index contributed by atoms with van der Waals surface area (Å²) in [5.74, 6) is 3.52. The molecule has 0 radical (unpaired) electrons. The first-order chi connectivity index (χ1) is 35.8. The van der Waals surface area contributed by atoms with E-state index in [0.29, 0.717) is 39.3 Å². The molecule has 3 aliphatic rings. The second-order valence-corrected chi connectivity index (χ2v) is 17.8. The number of aliphatic hydroxyl groups is 1. The van der Waals surface area contributed by atoms with Crippen LogP contribution >= 0.6 is 0 Å². The molecule has 8 aromatic rings. The van der Waals surface area contributed by atoms with Gasteiger partial charge in [-0.05, 0) is 76.9 Å². The number of aromatic amines is 1. The lowest BCUT2D eigenvalue weighted by Crippen LogP contribution is -2.55. The zero-order valence-electron chi connectivity index (χ0n) is 39.5. The molecular formula is C56H48N8O9. The Balaban J connectivity index is 1.15. The summed E-state index contributed by atoms with van der Waals surface area (Å²) in [6.45, 7) is -0.276. The summed E-state index contributed by atoms with van der Waals surface area (Å²) >= 11 is 0. The topological polar surface area (TPSA) is 203 Å². The van der Waals surface area contributed by atoms with Crippen molar-refractivity contribution in [2.45, 2.75) is 42.7 Å². The zero-order valence-corrected chi connectivity index (χ0v) is 39.5. The summed E-state index contributed by atoms with van der Waals surface area (Å²) < 4.78 is 25.1. The van der Waals surface area contributed by atoms with Crippen molar-refractivity contribution in [3.63, 3.8) is 0 Å². The number of esters is 1. The number of imide groups is 1.